The standard InChI is InChI=1S/C21H25N3O2/c1-17-7-5-6-10-19(17)21(26)22-12-11-20(25)24-15-13-23(14-16-24)18-8-3-2-4-9-18/h2-10H,11-16H2,1H3,(H,22,26). The van der Waals surface area contributed by atoms with E-state index < -0.39 is 0 Å². The van der Waals surface area contributed by atoms with Gasteiger partial charge in [-0.25, -0.2) is 0 Å². The zero-order valence-electron chi connectivity index (χ0n) is 15.1. The van der Waals surface area contributed by atoms with E-state index in [1.807, 2.05) is 48.2 Å². The largest absolute Gasteiger partial charge is 0.368 e. The van der Waals surface area contributed by atoms with Crippen LogP contribution in [-0.4, -0.2) is 49.4 Å². The van der Waals surface area contributed by atoms with E-state index in [0.29, 0.717) is 18.5 Å². The van der Waals surface area contributed by atoms with Gasteiger partial charge in [-0.05, 0) is 30.7 Å². The molecule has 1 aliphatic rings. The van der Waals surface area contributed by atoms with Crippen molar-refractivity contribution in [2.45, 2.75) is 13.3 Å². The maximum absolute atomic E-state index is 12.4. The summed E-state index contributed by atoms with van der Waals surface area (Å²) < 4.78 is 0. The number of carbonyl (C=O) groups excluding carboxylic acids is 2. The van der Waals surface area contributed by atoms with Gasteiger partial charge in [0.25, 0.3) is 5.91 Å². The number of nitrogens with one attached hydrogen (secondary N) is 1. The van der Waals surface area contributed by atoms with Crippen LogP contribution in [0.1, 0.15) is 22.3 Å². The lowest BCUT2D eigenvalue weighted by molar-refractivity contribution is -0.131. The lowest BCUT2D eigenvalue weighted by atomic mass is 10.1. The van der Waals surface area contributed by atoms with E-state index in [-0.39, 0.29) is 11.8 Å². The number of rotatable bonds is 5. The minimum absolute atomic E-state index is 0.0998. The van der Waals surface area contributed by atoms with Crippen molar-refractivity contribution in [3.05, 3.63) is 65.7 Å². The summed E-state index contributed by atoms with van der Waals surface area (Å²) in [6.45, 7) is 5.40. The van der Waals surface area contributed by atoms with Gasteiger partial charge >= 0.3 is 0 Å². The Labute approximate surface area is 154 Å². The van der Waals surface area contributed by atoms with Crippen molar-refractivity contribution in [2.24, 2.45) is 0 Å². The van der Waals surface area contributed by atoms with Gasteiger partial charge in [0.1, 0.15) is 0 Å². The van der Waals surface area contributed by atoms with Crippen molar-refractivity contribution in [2.75, 3.05) is 37.6 Å². The number of para-hydroxylation sites is 1. The molecule has 26 heavy (non-hydrogen) atoms. The van der Waals surface area contributed by atoms with Crippen molar-refractivity contribution >= 4 is 17.5 Å². The summed E-state index contributed by atoms with van der Waals surface area (Å²) in [5, 5.41) is 2.85. The van der Waals surface area contributed by atoms with Gasteiger partial charge in [-0.2, -0.15) is 0 Å². The first kappa shape index (κ1) is 18.0. The second-order valence-corrected chi connectivity index (χ2v) is 6.52. The van der Waals surface area contributed by atoms with Gasteiger partial charge in [-0.1, -0.05) is 36.4 Å². The van der Waals surface area contributed by atoms with Crippen molar-refractivity contribution < 1.29 is 9.59 Å². The molecule has 0 saturated carbocycles. The van der Waals surface area contributed by atoms with Gasteiger partial charge in [-0.15, -0.1) is 0 Å². The van der Waals surface area contributed by atoms with Crippen LogP contribution in [-0.2, 0) is 4.79 Å². The van der Waals surface area contributed by atoms with E-state index in [1.165, 1.54) is 5.69 Å². The summed E-state index contributed by atoms with van der Waals surface area (Å²) in [4.78, 5) is 28.7. The van der Waals surface area contributed by atoms with Crippen molar-refractivity contribution in [3.8, 4) is 0 Å². The van der Waals surface area contributed by atoms with Crippen LogP contribution < -0.4 is 10.2 Å². The van der Waals surface area contributed by atoms with E-state index in [4.69, 9.17) is 0 Å². The number of benzene rings is 2. The molecule has 0 radical (unpaired) electrons. The first-order valence-corrected chi connectivity index (χ1v) is 9.07. The number of amides is 2. The maximum Gasteiger partial charge on any atom is 0.251 e. The quantitative estimate of drug-likeness (QED) is 0.900. The predicted octanol–water partition coefficient (Wildman–Crippen LogP) is 2.46. The molecule has 2 aromatic rings. The first-order valence-electron chi connectivity index (χ1n) is 9.07. The van der Waals surface area contributed by atoms with Gasteiger partial charge in [0, 0.05) is 50.4 Å². The average Bonchev–Trinajstić information content (AvgIpc) is 2.69. The molecule has 5 heteroatoms. The molecule has 0 spiro atoms. The van der Waals surface area contributed by atoms with E-state index in [0.717, 1.165) is 31.7 Å². The summed E-state index contributed by atoms with van der Waals surface area (Å²) in [7, 11) is 0. The predicted molar refractivity (Wildman–Crippen MR) is 103 cm³/mol. The fourth-order valence-electron chi connectivity index (χ4n) is 3.22. The SMILES string of the molecule is Cc1ccccc1C(=O)NCCC(=O)N1CCN(c2ccccc2)CC1. The Kier molecular flexibility index (Phi) is 5.89. The van der Waals surface area contributed by atoms with Gasteiger partial charge in [0.15, 0.2) is 0 Å². The highest BCUT2D eigenvalue weighted by atomic mass is 16.2. The van der Waals surface area contributed by atoms with Crippen molar-refractivity contribution in [1.29, 1.82) is 0 Å². The van der Waals surface area contributed by atoms with Crippen LogP contribution in [0.2, 0.25) is 0 Å². The molecule has 0 aliphatic carbocycles. The minimum atomic E-state index is -0.121. The Bertz CT molecular complexity index is 753. The molecule has 0 aromatic heterocycles. The van der Waals surface area contributed by atoms with Crippen LogP contribution in [0.4, 0.5) is 5.69 Å². The lowest BCUT2D eigenvalue weighted by Gasteiger charge is -2.36. The Morgan fingerprint density at radius 1 is 0.923 bits per heavy atom. The van der Waals surface area contributed by atoms with Crippen LogP contribution in [0.25, 0.3) is 0 Å². The van der Waals surface area contributed by atoms with E-state index >= 15 is 0 Å². The van der Waals surface area contributed by atoms with Gasteiger partial charge in [0.2, 0.25) is 5.91 Å². The highest BCUT2D eigenvalue weighted by molar-refractivity contribution is 5.95. The summed E-state index contributed by atoms with van der Waals surface area (Å²) in [5.74, 6) is -0.0207. The molecular weight excluding hydrogens is 326 g/mol. The molecular formula is C21H25N3O2. The van der Waals surface area contributed by atoms with E-state index in [1.54, 1.807) is 6.07 Å². The number of carbonyl (C=O) groups is 2. The molecule has 1 heterocycles. The van der Waals surface area contributed by atoms with Gasteiger partial charge in [0.05, 0.1) is 0 Å². The molecule has 2 aromatic carbocycles. The van der Waals surface area contributed by atoms with Gasteiger partial charge < -0.3 is 15.1 Å². The minimum Gasteiger partial charge on any atom is -0.368 e. The molecule has 1 aliphatic heterocycles. The number of anilines is 1. The number of hydrogen-bond donors (Lipinski definition) is 1. The van der Waals surface area contributed by atoms with Crippen molar-refractivity contribution in [3.63, 3.8) is 0 Å². The van der Waals surface area contributed by atoms with Gasteiger partial charge in [-0.3, -0.25) is 9.59 Å². The van der Waals surface area contributed by atoms with Crippen LogP contribution in [0.15, 0.2) is 54.6 Å². The van der Waals surface area contributed by atoms with E-state index in [2.05, 4.69) is 22.3 Å². The second-order valence-electron chi connectivity index (χ2n) is 6.52. The monoisotopic (exact) mass is 351 g/mol. The molecule has 136 valence electrons. The molecule has 1 N–H and O–H groups in total. The Morgan fingerprint density at radius 2 is 1.58 bits per heavy atom. The normalized spacial score (nSPS) is 14.2. The molecule has 3 rings (SSSR count). The fraction of sp³-hybridized carbons (Fsp3) is 0.333. The maximum atomic E-state index is 12.4. The Balaban J connectivity index is 1.42. The van der Waals surface area contributed by atoms with Crippen LogP contribution in [0.3, 0.4) is 0 Å². The third-order valence-electron chi connectivity index (χ3n) is 4.77. The fourth-order valence-corrected chi connectivity index (χ4v) is 3.22. The highest BCUT2D eigenvalue weighted by Gasteiger charge is 2.21. The summed E-state index contributed by atoms with van der Waals surface area (Å²) in [6.07, 6.45) is 0.336. The average molecular weight is 351 g/mol. The Morgan fingerprint density at radius 3 is 2.27 bits per heavy atom. The third-order valence-corrected chi connectivity index (χ3v) is 4.77. The lowest BCUT2D eigenvalue weighted by Crippen LogP contribution is -2.49. The molecule has 5 nitrogen and oxygen atoms in total. The Hall–Kier alpha value is -2.82. The number of hydrogen-bond acceptors (Lipinski definition) is 3. The first-order chi connectivity index (χ1) is 12.6. The number of aryl methyl sites for hydroxylation is 1. The van der Waals surface area contributed by atoms with E-state index in [9.17, 15) is 9.59 Å². The topological polar surface area (TPSA) is 52.7 Å². The van der Waals surface area contributed by atoms with Crippen LogP contribution in [0, 0.1) is 6.92 Å². The van der Waals surface area contributed by atoms with Crippen LogP contribution >= 0.6 is 0 Å². The smallest absolute Gasteiger partial charge is 0.251 e. The third kappa shape index (κ3) is 4.42. The molecule has 2 amide bonds. The molecule has 1 saturated heterocycles. The van der Waals surface area contributed by atoms with Crippen LogP contribution in [0.5, 0.6) is 0 Å². The summed E-state index contributed by atoms with van der Waals surface area (Å²) in [5.41, 5.74) is 2.80. The molecule has 0 atom stereocenters. The number of nitrogens with zero attached hydrogens (tertiary/aromatic N) is 2. The number of piperazine rings is 1. The molecule has 1 fully saturated rings. The molecule has 0 bridgehead atoms. The zero-order valence-corrected chi connectivity index (χ0v) is 15.1. The second kappa shape index (κ2) is 8.52. The summed E-state index contributed by atoms with van der Waals surface area (Å²) >= 11 is 0. The zero-order chi connectivity index (χ0) is 18.4. The summed E-state index contributed by atoms with van der Waals surface area (Å²) in [6, 6.07) is 17.7. The molecule has 0 unspecified atom stereocenters. The van der Waals surface area contributed by atoms with Crippen molar-refractivity contribution in [1.82, 2.24) is 10.2 Å². The highest BCUT2D eigenvalue weighted by Crippen LogP contribution is 2.15.